The molecule has 1 aromatic rings. The predicted octanol–water partition coefficient (Wildman–Crippen LogP) is 3.02. The van der Waals surface area contributed by atoms with Crippen molar-refractivity contribution in [3.05, 3.63) is 24.3 Å². The first-order valence-electron chi connectivity index (χ1n) is 7.58. The molecule has 24 heavy (non-hydrogen) atoms. The predicted molar refractivity (Wildman–Crippen MR) is 81.1 cm³/mol. The van der Waals surface area contributed by atoms with Crippen LogP contribution in [0.5, 0.6) is 5.75 Å². The van der Waals surface area contributed by atoms with Crippen LogP contribution in [0.4, 0.5) is 13.2 Å². The summed E-state index contributed by atoms with van der Waals surface area (Å²) in [6, 6.07) is 4.42. The average molecular weight is 367 g/mol. The van der Waals surface area contributed by atoms with E-state index in [9.17, 15) is 21.6 Å². The van der Waals surface area contributed by atoms with Gasteiger partial charge in [-0.15, -0.1) is 13.2 Å². The number of hydrogen-bond acceptors (Lipinski definition) is 4. The second-order valence-corrected chi connectivity index (χ2v) is 7.74. The largest absolute Gasteiger partial charge is 0.573 e. The Morgan fingerprint density at radius 3 is 2.58 bits per heavy atom. The highest BCUT2D eigenvalue weighted by Gasteiger charge is 2.32. The molecule has 0 radical (unpaired) electrons. The van der Waals surface area contributed by atoms with Gasteiger partial charge in [-0.2, -0.15) is 0 Å². The Morgan fingerprint density at radius 2 is 1.96 bits per heavy atom. The summed E-state index contributed by atoms with van der Waals surface area (Å²) in [5, 5.41) is 0. The highest BCUT2D eigenvalue weighted by Crippen LogP contribution is 2.26. The van der Waals surface area contributed by atoms with Crippen LogP contribution in [0, 0.1) is 5.92 Å². The summed E-state index contributed by atoms with van der Waals surface area (Å²) in [5.74, 6) is -0.155. The van der Waals surface area contributed by atoms with Gasteiger partial charge in [-0.1, -0.05) is 6.07 Å². The van der Waals surface area contributed by atoms with Crippen LogP contribution in [-0.4, -0.2) is 45.9 Å². The third kappa shape index (κ3) is 5.35. The smallest absolute Gasteiger partial charge is 0.406 e. The number of hydrogen-bond donors (Lipinski definition) is 0. The normalized spacial score (nSPS) is 17.2. The third-order valence-electron chi connectivity index (χ3n) is 3.94. The lowest BCUT2D eigenvalue weighted by Gasteiger charge is -2.24. The second kappa shape index (κ2) is 7.71. The lowest BCUT2D eigenvalue weighted by Crippen LogP contribution is -2.30. The van der Waals surface area contributed by atoms with Gasteiger partial charge >= 0.3 is 6.36 Å². The van der Waals surface area contributed by atoms with Crippen LogP contribution in [0.2, 0.25) is 0 Å². The van der Waals surface area contributed by atoms with Crippen molar-refractivity contribution in [2.45, 2.75) is 30.5 Å². The molecule has 1 aliphatic heterocycles. The van der Waals surface area contributed by atoms with Crippen LogP contribution in [0.3, 0.4) is 0 Å². The van der Waals surface area contributed by atoms with E-state index in [1.165, 1.54) is 19.2 Å². The average Bonchev–Trinajstić information content (AvgIpc) is 2.52. The fraction of sp³-hybridized carbons (Fsp3) is 0.600. The molecule has 1 heterocycles. The highest BCUT2D eigenvalue weighted by molar-refractivity contribution is 7.89. The van der Waals surface area contributed by atoms with E-state index in [1.807, 2.05) is 0 Å². The van der Waals surface area contributed by atoms with Crippen molar-refractivity contribution >= 4 is 10.0 Å². The molecule has 1 aliphatic rings. The molecule has 9 heteroatoms. The van der Waals surface area contributed by atoms with Crippen molar-refractivity contribution in [3.8, 4) is 5.75 Å². The van der Waals surface area contributed by atoms with Gasteiger partial charge in [0, 0.05) is 32.9 Å². The van der Waals surface area contributed by atoms with Gasteiger partial charge in [0.2, 0.25) is 10.0 Å². The first-order valence-corrected chi connectivity index (χ1v) is 9.02. The van der Waals surface area contributed by atoms with Crippen molar-refractivity contribution in [2.24, 2.45) is 5.92 Å². The lowest BCUT2D eigenvalue weighted by atomic mass is 9.97. The molecule has 0 spiro atoms. The molecule has 1 fully saturated rings. The van der Waals surface area contributed by atoms with Gasteiger partial charge in [-0.3, -0.25) is 0 Å². The maximum absolute atomic E-state index is 12.5. The summed E-state index contributed by atoms with van der Waals surface area (Å²) < 4.78 is 72.0. The Kier molecular flexibility index (Phi) is 6.11. The molecule has 0 saturated carbocycles. The minimum absolute atomic E-state index is 0.223. The maximum atomic E-state index is 12.5. The van der Waals surface area contributed by atoms with Crippen LogP contribution in [-0.2, 0) is 14.8 Å². The SMILES string of the molecule is CN(CCC1CCOCC1)S(=O)(=O)c1cccc(OC(F)(F)F)c1. The standard InChI is InChI=1S/C15H20F3NO4S/c1-19(8-5-12-6-9-22-10-7-12)24(20,21)14-4-2-3-13(11-14)23-15(16,17)18/h2-4,11-12H,5-10H2,1H3. The van der Waals surface area contributed by atoms with Crippen LogP contribution in [0.15, 0.2) is 29.2 Å². The van der Waals surface area contributed by atoms with Crippen LogP contribution >= 0.6 is 0 Å². The Labute approximate surface area is 139 Å². The molecule has 0 aliphatic carbocycles. The van der Waals surface area contributed by atoms with Crippen molar-refractivity contribution in [1.29, 1.82) is 0 Å². The van der Waals surface area contributed by atoms with Crippen LogP contribution in [0.25, 0.3) is 0 Å². The molecular weight excluding hydrogens is 347 g/mol. The van der Waals surface area contributed by atoms with Gasteiger partial charge in [-0.25, -0.2) is 12.7 Å². The van der Waals surface area contributed by atoms with E-state index >= 15 is 0 Å². The Morgan fingerprint density at radius 1 is 1.29 bits per heavy atom. The monoisotopic (exact) mass is 367 g/mol. The molecule has 5 nitrogen and oxygen atoms in total. The molecule has 0 unspecified atom stereocenters. The molecule has 136 valence electrons. The summed E-state index contributed by atoms with van der Waals surface area (Å²) in [7, 11) is -2.44. The minimum atomic E-state index is -4.86. The third-order valence-corrected chi connectivity index (χ3v) is 5.79. The molecule has 0 atom stereocenters. The van der Waals surface area contributed by atoms with Gasteiger partial charge in [0.1, 0.15) is 5.75 Å². The zero-order chi connectivity index (χ0) is 17.8. The maximum Gasteiger partial charge on any atom is 0.573 e. The Hall–Kier alpha value is -1.32. The molecule has 0 amide bonds. The zero-order valence-electron chi connectivity index (χ0n) is 13.3. The molecule has 1 aromatic carbocycles. The number of benzene rings is 1. The topological polar surface area (TPSA) is 55.8 Å². The Balaban J connectivity index is 2.04. The van der Waals surface area contributed by atoms with Crippen molar-refractivity contribution in [3.63, 3.8) is 0 Å². The van der Waals surface area contributed by atoms with Gasteiger partial charge in [-0.05, 0) is 37.3 Å². The second-order valence-electron chi connectivity index (χ2n) is 5.69. The van der Waals surface area contributed by atoms with E-state index in [0.717, 1.165) is 29.3 Å². The van der Waals surface area contributed by atoms with Gasteiger partial charge in [0.15, 0.2) is 0 Å². The number of halogens is 3. The summed E-state index contributed by atoms with van der Waals surface area (Å²) in [6.45, 7) is 1.66. The fourth-order valence-corrected chi connectivity index (χ4v) is 3.75. The molecular formula is C15H20F3NO4S. The summed E-state index contributed by atoms with van der Waals surface area (Å²) >= 11 is 0. The van der Waals surface area contributed by atoms with E-state index in [2.05, 4.69) is 4.74 Å². The van der Waals surface area contributed by atoms with E-state index in [0.29, 0.717) is 32.1 Å². The number of sulfonamides is 1. The fourth-order valence-electron chi connectivity index (χ4n) is 2.53. The number of rotatable bonds is 6. The highest BCUT2D eigenvalue weighted by atomic mass is 32.2. The van der Waals surface area contributed by atoms with Crippen LogP contribution in [0.1, 0.15) is 19.3 Å². The first kappa shape index (κ1) is 19.0. The van der Waals surface area contributed by atoms with E-state index in [4.69, 9.17) is 4.74 Å². The zero-order valence-corrected chi connectivity index (χ0v) is 14.1. The number of nitrogens with zero attached hydrogens (tertiary/aromatic N) is 1. The minimum Gasteiger partial charge on any atom is -0.406 e. The van der Waals surface area contributed by atoms with Gasteiger partial charge in [0.25, 0.3) is 0 Å². The summed E-state index contributed by atoms with van der Waals surface area (Å²) in [4.78, 5) is -0.223. The first-order chi connectivity index (χ1) is 11.2. The lowest BCUT2D eigenvalue weighted by molar-refractivity contribution is -0.274. The van der Waals surface area contributed by atoms with Crippen LogP contribution < -0.4 is 4.74 Å². The molecule has 1 saturated heterocycles. The van der Waals surface area contributed by atoms with E-state index in [-0.39, 0.29) is 4.90 Å². The van der Waals surface area contributed by atoms with Gasteiger partial charge < -0.3 is 9.47 Å². The number of ether oxygens (including phenoxy) is 2. The van der Waals surface area contributed by atoms with Crippen molar-refractivity contribution in [1.82, 2.24) is 4.31 Å². The summed E-state index contributed by atoms with van der Waals surface area (Å²) in [6.07, 6.45) is -2.39. The number of alkyl halides is 3. The van der Waals surface area contributed by atoms with E-state index in [1.54, 1.807) is 0 Å². The molecule has 0 bridgehead atoms. The van der Waals surface area contributed by atoms with Gasteiger partial charge in [0.05, 0.1) is 4.90 Å². The molecule has 0 N–H and O–H groups in total. The van der Waals surface area contributed by atoms with E-state index < -0.39 is 22.1 Å². The van der Waals surface area contributed by atoms with Crippen molar-refractivity contribution in [2.75, 3.05) is 26.8 Å². The van der Waals surface area contributed by atoms with Crippen molar-refractivity contribution < 1.29 is 31.1 Å². The Bertz CT molecular complexity index is 642. The summed E-state index contributed by atoms with van der Waals surface area (Å²) in [5.41, 5.74) is 0. The molecule has 2 rings (SSSR count). The molecule has 0 aromatic heterocycles. The quantitative estimate of drug-likeness (QED) is 0.776.